The summed E-state index contributed by atoms with van der Waals surface area (Å²) in [6.07, 6.45) is 2.96. The molecule has 0 heterocycles. The average Bonchev–Trinajstić information content (AvgIpc) is 2.53. The molecule has 0 spiro atoms. The maximum atomic E-state index is 12.3. The third-order valence-electron chi connectivity index (χ3n) is 3.95. The Morgan fingerprint density at radius 2 is 1.73 bits per heavy atom. The van der Waals surface area contributed by atoms with Crippen LogP contribution in [0.15, 0.2) is 30.3 Å². The van der Waals surface area contributed by atoms with Gasteiger partial charge in [-0.1, -0.05) is 43.7 Å². The average molecular weight is 363 g/mol. The summed E-state index contributed by atoms with van der Waals surface area (Å²) >= 11 is 0. The first-order valence-corrected chi connectivity index (χ1v) is 9.48. The maximum absolute atomic E-state index is 12.3. The highest BCUT2D eigenvalue weighted by Crippen LogP contribution is 2.10. The predicted molar refractivity (Wildman–Crippen MR) is 105 cm³/mol. The van der Waals surface area contributed by atoms with Crippen LogP contribution in [0.25, 0.3) is 0 Å². The molecule has 0 fully saturated rings. The van der Waals surface area contributed by atoms with E-state index in [2.05, 4.69) is 22.8 Å². The van der Waals surface area contributed by atoms with Gasteiger partial charge >= 0.3 is 6.09 Å². The highest BCUT2D eigenvalue weighted by Gasteiger charge is 2.17. The molecule has 1 aromatic rings. The number of nitrogens with one attached hydrogen (secondary N) is 2. The number of alkyl carbamates (subject to hydrolysis) is 1. The molecule has 5 heteroatoms. The fourth-order valence-corrected chi connectivity index (χ4v) is 2.62. The van der Waals surface area contributed by atoms with Crippen LogP contribution in [0.2, 0.25) is 0 Å². The minimum Gasteiger partial charge on any atom is -0.444 e. The molecule has 0 bridgehead atoms. The van der Waals surface area contributed by atoms with E-state index in [9.17, 15) is 9.59 Å². The third-order valence-corrected chi connectivity index (χ3v) is 3.95. The number of rotatable bonds is 9. The van der Waals surface area contributed by atoms with Crippen LogP contribution >= 0.6 is 0 Å². The van der Waals surface area contributed by atoms with E-state index in [1.165, 1.54) is 5.56 Å². The van der Waals surface area contributed by atoms with Gasteiger partial charge in [0.25, 0.3) is 0 Å². The fourth-order valence-electron chi connectivity index (χ4n) is 2.62. The first-order valence-electron chi connectivity index (χ1n) is 9.48. The molecular weight excluding hydrogens is 328 g/mol. The van der Waals surface area contributed by atoms with Crippen molar-refractivity contribution in [1.29, 1.82) is 0 Å². The number of hydrogen-bond donors (Lipinski definition) is 2. The van der Waals surface area contributed by atoms with E-state index < -0.39 is 11.7 Å². The summed E-state index contributed by atoms with van der Waals surface area (Å²) in [6, 6.07) is 10.3. The molecule has 0 aliphatic rings. The van der Waals surface area contributed by atoms with Gasteiger partial charge in [0.2, 0.25) is 5.91 Å². The number of ether oxygens (including phenoxy) is 1. The van der Waals surface area contributed by atoms with Gasteiger partial charge in [-0.05, 0) is 52.5 Å². The summed E-state index contributed by atoms with van der Waals surface area (Å²) in [6.45, 7) is 10.1. The van der Waals surface area contributed by atoms with Crippen LogP contribution in [-0.2, 0) is 16.0 Å². The van der Waals surface area contributed by atoms with Gasteiger partial charge in [0.1, 0.15) is 5.60 Å². The van der Waals surface area contributed by atoms with E-state index in [0.29, 0.717) is 6.54 Å². The molecule has 1 aromatic carbocycles. The zero-order chi connectivity index (χ0) is 19.6. The van der Waals surface area contributed by atoms with Crippen molar-refractivity contribution in [2.24, 2.45) is 5.92 Å². The van der Waals surface area contributed by atoms with E-state index >= 15 is 0 Å². The molecule has 2 N–H and O–H groups in total. The molecule has 0 aliphatic heterocycles. The lowest BCUT2D eigenvalue weighted by atomic mass is 10.0. The Bertz CT molecular complexity index is 552. The molecule has 0 radical (unpaired) electrons. The minimum atomic E-state index is -0.479. The summed E-state index contributed by atoms with van der Waals surface area (Å²) in [4.78, 5) is 23.8. The normalized spacial score (nSPS) is 13.6. The van der Waals surface area contributed by atoms with Crippen molar-refractivity contribution in [2.75, 3.05) is 6.54 Å². The Labute approximate surface area is 157 Å². The number of benzene rings is 1. The van der Waals surface area contributed by atoms with E-state index in [1.54, 1.807) is 0 Å². The van der Waals surface area contributed by atoms with Crippen LogP contribution in [0.4, 0.5) is 4.79 Å². The molecule has 146 valence electrons. The number of carbonyl (C=O) groups is 2. The highest BCUT2D eigenvalue weighted by molar-refractivity contribution is 5.78. The van der Waals surface area contributed by atoms with Crippen LogP contribution in [0.1, 0.15) is 59.4 Å². The summed E-state index contributed by atoms with van der Waals surface area (Å²) in [5, 5.41) is 5.82. The van der Waals surface area contributed by atoms with E-state index in [-0.39, 0.29) is 17.9 Å². The van der Waals surface area contributed by atoms with Crippen LogP contribution < -0.4 is 10.6 Å². The Hall–Kier alpha value is -2.04. The van der Waals surface area contributed by atoms with E-state index in [4.69, 9.17) is 4.74 Å². The van der Waals surface area contributed by atoms with Crippen molar-refractivity contribution >= 4 is 12.0 Å². The van der Waals surface area contributed by atoms with Gasteiger partial charge in [0, 0.05) is 18.5 Å². The Balaban J connectivity index is 2.17. The van der Waals surface area contributed by atoms with Crippen LogP contribution in [-0.4, -0.2) is 30.2 Å². The smallest absolute Gasteiger partial charge is 0.407 e. The molecule has 0 aromatic heterocycles. The molecule has 2 amide bonds. The molecule has 5 nitrogen and oxygen atoms in total. The number of unbranched alkanes of at least 4 members (excludes halogenated alkanes) is 1. The van der Waals surface area contributed by atoms with Crippen LogP contribution in [0.5, 0.6) is 0 Å². The lowest BCUT2D eigenvalue weighted by molar-refractivity contribution is -0.125. The monoisotopic (exact) mass is 362 g/mol. The van der Waals surface area contributed by atoms with Crippen LogP contribution in [0, 0.1) is 5.92 Å². The molecular formula is C21H34N2O3. The topological polar surface area (TPSA) is 67.4 Å². The van der Waals surface area contributed by atoms with Crippen molar-refractivity contribution in [3.05, 3.63) is 35.9 Å². The predicted octanol–water partition coefficient (Wildman–Crippen LogP) is 4.06. The van der Waals surface area contributed by atoms with Crippen molar-refractivity contribution < 1.29 is 14.3 Å². The van der Waals surface area contributed by atoms with E-state index in [0.717, 1.165) is 25.7 Å². The zero-order valence-electron chi connectivity index (χ0n) is 16.8. The van der Waals surface area contributed by atoms with E-state index in [1.807, 2.05) is 52.8 Å². The van der Waals surface area contributed by atoms with Gasteiger partial charge in [-0.25, -0.2) is 4.79 Å². The van der Waals surface area contributed by atoms with Crippen molar-refractivity contribution in [3.63, 3.8) is 0 Å². The summed E-state index contributed by atoms with van der Waals surface area (Å²) in [5.74, 6) is 0.0586. The first kappa shape index (κ1) is 22.0. The minimum absolute atomic E-state index is 0.0326. The third kappa shape index (κ3) is 10.1. The molecule has 1 rings (SSSR count). The Morgan fingerprint density at radius 3 is 2.35 bits per heavy atom. The van der Waals surface area contributed by atoms with Crippen LogP contribution in [0.3, 0.4) is 0 Å². The van der Waals surface area contributed by atoms with Gasteiger partial charge in [0.05, 0.1) is 0 Å². The highest BCUT2D eigenvalue weighted by atomic mass is 16.6. The van der Waals surface area contributed by atoms with Gasteiger partial charge in [0.15, 0.2) is 0 Å². The quantitative estimate of drug-likeness (QED) is 0.651. The largest absolute Gasteiger partial charge is 0.444 e. The summed E-state index contributed by atoms with van der Waals surface area (Å²) in [5.41, 5.74) is 0.744. The lowest BCUT2D eigenvalue weighted by Gasteiger charge is -2.20. The van der Waals surface area contributed by atoms with Crippen molar-refractivity contribution in [3.8, 4) is 0 Å². The number of hydrogen-bond acceptors (Lipinski definition) is 3. The standard InChI is InChI=1S/C21H34N2O3/c1-16(11-9-10-14-22-20(25)26-21(3,4)5)19(24)23-17(2)15-18-12-7-6-8-13-18/h6-8,12-13,16-17H,9-11,14-15H2,1-5H3,(H,22,25)(H,23,24). The lowest BCUT2D eigenvalue weighted by Crippen LogP contribution is -2.37. The number of amides is 2. The molecule has 0 aliphatic carbocycles. The van der Waals surface area contributed by atoms with Gasteiger partial charge in [-0.2, -0.15) is 0 Å². The summed E-state index contributed by atoms with van der Waals surface area (Å²) < 4.78 is 5.18. The maximum Gasteiger partial charge on any atom is 0.407 e. The molecule has 2 atom stereocenters. The molecule has 0 saturated heterocycles. The zero-order valence-corrected chi connectivity index (χ0v) is 16.8. The fraction of sp³-hybridized carbons (Fsp3) is 0.619. The number of carbonyl (C=O) groups excluding carboxylic acids is 2. The van der Waals surface area contributed by atoms with Gasteiger partial charge in [-0.3, -0.25) is 4.79 Å². The Kier molecular flexibility index (Phi) is 9.17. The second-order valence-electron chi connectivity index (χ2n) is 7.92. The molecule has 2 unspecified atom stereocenters. The summed E-state index contributed by atoms with van der Waals surface area (Å²) in [7, 11) is 0. The molecule has 26 heavy (non-hydrogen) atoms. The Morgan fingerprint density at radius 1 is 1.08 bits per heavy atom. The molecule has 0 saturated carbocycles. The second kappa shape index (κ2) is 10.8. The van der Waals surface area contributed by atoms with Gasteiger partial charge < -0.3 is 15.4 Å². The second-order valence-corrected chi connectivity index (χ2v) is 7.92. The first-order chi connectivity index (χ1) is 12.2. The SMILES string of the molecule is CC(Cc1ccccc1)NC(=O)C(C)CCCCNC(=O)OC(C)(C)C. The van der Waals surface area contributed by atoms with Crippen molar-refractivity contribution in [1.82, 2.24) is 10.6 Å². The van der Waals surface area contributed by atoms with Crippen molar-refractivity contribution in [2.45, 2.75) is 71.9 Å². The van der Waals surface area contributed by atoms with Gasteiger partial charge in [-0.15, -0.1) is 0 Å².